The Morgan fingerprint density at radius 2 is 2.00 bits per heavy atom. The van der Waals surface area contributed by atoms with Crippen molar-refractivity contribution < 1.29 is 4.79 Å². The summed E-state index contributed by atoms with van der Waals surface area (Å²) in [6.07, 6.45) is 7.13. The van der Waals surface area contributed by atoms with Crippen molar-refractivity contribution in [3.63, 3.8) is 0 Å². The van der Waals surface area contributed by atoms with Crippen LogP contribution in [-0.4, -0.2) is 35.8 Å². The first-order valence-corrected chi connectivity index (χ1v) is 6.65. The van der Waals surface area contributed by atoms with Gasteiger partial charge in [0.2, 0.25) is 6.41 Å². The van der Waals surface area contributed by atoms with Crippen LogP contribution in [0.5, 0.6) is 0 Å². The second-order valence-corrected chi connectivity index (χ2v) is 5.99. The van der Waals surface area contributed by atoms with Crippen molar-refractivity contribution in [2.75, 3.05) is 13.6 Å². The van der Waals surface area contributed by atoms with Crippen molar-refractivity contribution in [3.05, 3.63) is 24.0 Å². The summed E-state index contributed by atoms with van der Waals surface area (Å²) in [4.78, 5) is 15.0. The van der Waals surface area contributed by atoms with Crippen LogP contribution in [0.15, 0.2) is 24.0 Å². The fourth-order valence-corrected chi connectivity index (χ4v) is 1.85. The predicted octanol–water partition coefficient (Wildman–Crippen LogP) is 2.86. The predicted molar refractivity (Wildman–Crippen MR) is 75.8 cm³/mol. The number of rotatable bonds is 5. The summed E-state index contributed by atoms with van der Waals surface area (Å²) in [7, 11) is 2.08. The third-order valence-corrected chi connectivity index (χ3v) is 4.05. The fourth-order valence-electron chi connectivity index (χ4n) is 1.85. The Morgan fingerprint density at radius 3 is 2.44 bits per heavy atom. The Hall–Kier alpha value is -1.09. The lowest BCUT2D eigenvalue weighted by Crippen LogP contribution is -2.36. The van der Waals surface area contributed by atoms with Gasteiger partial charge in [0.05, 0.1) is 0 Å². The highest BCUT2D eigenvalue weighted by molar-refractivity contribution is 5.55. The van der Waals surface area contributed by atoms with Gasteiger partial charge in [0.25, 0.3) is 0 Å². The van der Waals surface area contributed by atoms with Gasteiger partial charge in [0.1, 0.15) is 0 Å². The van der Waals surface area contributed by atoms with Crippen LogP contribution in [0.2, 0.25) is 0 Å². The van der Waals surface area contributed by atoms with E-state index in [1.807, 2.05) is 6.20 Å². The van der Waals surface area contributed by atoms with E-state index in [4.69, 9.17) is 0 Å². The Morgan fingerprint density at radius 1 is 1.39 bits per heavy atom. The standard InChI is InChI=1S/C15H26N2O/c1-12(2)15(5)7-8-17(11-18)14(9-15)10-16(6)13(3)4/h7-9,11-13H,10H2,1-6H3. The number of carbonyl (C=O) groups excluding carboxylic acids is 1. The molecule has 0 saturated heterocycles. The summed E-state index contributed by atoms with van der Waals surface area (Å²) < 4.78 is 0. The molecule has 1 unspecified atom stereocenters. The molecule has 0 aromatic heterocycles. The lowest BCUT2D eigenvalue weighted by Gasteiger charge is -2.36. The maximum absolute atomic E-state index is 11.1. The molecule has 1 aliphatic heterocycles. The highest BCUT2D eigenvalue weighted by Gasteiger charge is 2.28. The third kappa shape index (κ3) is 3.22. The SMILES string of the molecule is CC(C)N(C)CC1=CC(C)(C(C)C)C=CN1C=O. The lowest BCUT2D eigenvalue weighted by atomic mass is 9.77. The molecule has 102 valence electrons. The molecule has 1 aliphatic rings. The highest BCUT2D eigenvalue weighted by Crippen LogP contribution is 2.35. The van der Waals surface area contributed by atoms with Crippen molar-refractivity contribution in [1.82, 2.24) is 9.80 Å². The van der Waals surface area contributed by atoms with Gasteiger partial charge in [-0.05, 0) is 26.8 Å². The van der Waals surface area contributed by atoms with Crippen molar-refractivity contribution in [2.45, 2.75) is 40.7 Å². The maximum Gasteiger partial charge on any atom is 0.217 e. The number of allylic oxidation sites excluding steroid dienone is 2. The molecule has 0 bridgehead atoms. The van der Waals surface area contributed by atoms with Gasteiger partial charge in [0, 0.05) is 29.9 Å². The Balaban J connectivity index is 2.95. The molecule has 1 amide bonds. The number of nitrogens with zero attached hydrogens (tertiary/aromatic N) is 2. The number of hydrogen-bond acceptors (Lipinski definition) is 2. The van der Waals surface area contributed by atoms with Crippen molar-refractivity contribution in [2.24, 2.45) is 11.3 Å². The van der Waals surface area contributed by atoms with E-state index in [0.29, 0.717) is 12.0 Å². The van der Waals surface area contributed by atoms with Crippen LogP contribution < -0.4 is 0 Å². The molecule has 0 aromatic carbocycles. The first-order valence-electron chi connectivity index (χ1n) is 6.65. The van der Waals surface area contributed by atoms with Gasteiger partial charge in [-0.1, -0.05) is 32.9 Å². The Bertz CT molecular complexity index is 358. The zero-order valence-corrected chi connectivity index (χ0v) is 12.5. The van der Waals surface area contributed by atoms with E-state index in [9.17, 15) is 4.79 Å². The highest BCUT2D eigenvalue weighted by atomic mass is 16.1. The van der Waals surface area contributed by atoms with Crippen molar-refractivity contribution in [3.8, 4) is 0 Å². The first-order chi connectivity index (χ1) is 8.30. The van der Waals surface area contributed by atoms with E-state index in [1.54, 1.807) is 4.90 Å². The van der Waals surface area contributed by atoms with E-state index < -0.39 is 0 Å². The minimum absolute atomic E-state index is 0.0344. The minimum Gasteiger partial charge on any atom is -0.298 e. The van der Waals surface area contributed by atoms with Crippen LogP contribution in [0.3, 0.4) is 0 Å². The van der Waals surface area contributed by atoms with Gasteiger partial charge in [-0.15, -0.1) is 0 Å². The largest absolute Gasteiger partial charge is 0.298 e. The average molecular weight is 250 g/mol. The van der Waals surface area contributed by atoms with E-state index >= 15 is 0 Å². The van der Waals surface area contributed by atoms with Crippen LogP contribution >= 0.6 is 0 Å². The molecule has 1 heterocycles. The smallest absolute Gasteiger partial charge is 0.217 e. The maximum atomic E-state index is 11.1. The molecule has 1 rings (SSSR count). The zero-order chi connectivity index (χ0) is 13.9. The molecule has 3 nitrogen and oxygen atoms in total. The van der Waals surface area contributed by atoms with Crippen molar-refractivity contribution in [1.29, 1.82) is 0 Å². The molecule has 0 fully saturated rings. The van der Waals surface area contributed by atoms with Crippen LogP contribution in [0.1, 0.15) is 34.6 Å². The van der Waals surface area contributed by atoms with Crippen LogP contribution in [0, 0.1) is 11.3 Å². The van der Waals surface area contributed by atoms with Crippen LogP contribution in [0.25, 0.3) is 0 Å². The molecule has 0 aliphatic carbocycles. The molecular formula is C15H26N2O. The molecule has 1 atom stereocenters. The monoisotopic (exact) mass is 250 g/mol. The fraction of sp³-hybridized carbons (Fsp3) is 0.667. The first kappa shape index (κ1) is 15.0. The third-order valence-electron chi connectivity index (χ3n) is 4.05. The summed E-state index contributed by atoms with van der Waals surface area (Å²) in [5.41, 5.74) is 1.10. The molecular weight excluding hydrogens is 224 g/mol. The van der Waals surface area contributed by atoms with E-state index in [-0.39, 0.29) is 5.41 Å². The molecule has 0 N–H and O–H groups in total. The molecule has 18 heavy (non-hydrogen) atoms. The Labute approximate surface area is 111 Å². The summed E-state index contributed by atoms with van der Waals surface area (Å²) >= 11 is 0. The van der Waals surface area contributed by atoms with E-state index in [1.165, 1.54) is 0 Å². The lowest BCUT2D eigenvalue weighted by molar-refractivity contribution is -0.114. The zero-order valence-electron chi connectivity index (χ0n) is 12.5. The quantitative estimate of drug-likeness (QED) is 0.700. The molecule has 3 heteroatoms. The second kappa shape index (κ2) is 5.70. The molecule has 0 radical (unpaired) electrons. The van der Waals surface area contributed by atoms with Gasteiger partial charge in [-0.2, -0.15) is 0 Å². The van der Waals surface area contributed by atoms with Gasteiger partial charge in [-0.3, -0.25) is 14.6 Å². The van der Waals surface area contributed by atoms with E-state index in [0.717, 1.165) is 18.7 Å². The van der Waals surface area contributed by atoms with Gasteiger partial charge >= 0.3 is 0 Å². The van der Waals surface area contributed by atoms with Crippen molar-refractivity contribution >= 4 is 6.41 Å². The van der Waals surface area contributed by atoms with Gasteiger partial charge < -0.3 is 0 Å². The minimum atomic E-state index is 0.0344. The van der Waals surface area contributed by atoms with Gasteiger partial charge in [0.15, 0.2) is 0 Å². The van der Waals surface area contributed by atoms with E-state index in [2.05, 4.69) is 58.7 Å². The number of likely N-dealkylation sites (N-methyl/N-ethyl adjacent to an activating group) is 1. The number of amides is 1. The average Bonchev–Trinajstić information content (AvgIpc) is 2.29. The van der Waals surface area contributed by atoms with Gasteiger partial charge in [-0.25, -0.2) is 0 Å². The summed E-state index contributed by atoms with van der Waals surface area (Å²) in [5.74, 6) is 0.516. The topological polar surface area (TPSA) is 23.6 Å². The van der Waals surface area contributed by atoms with Crippen LogP contribution in [0.4, 0.5) is 0 Å². The summed E-state index contributed by atoms with van der Waals surface area (Å²) in [6, 6.07) is 0.468. The Kier molecular flexibility index (Phi) is 4.74. The number of carbonyl (C=O) groups is 1. The normalized spacial score (nSPS) is 24.1. The summed E-state index contributed by atoms with van der Waals surface area (Å²) in [5, 5.41) is 0. The molecule has 0 spiro atoms. The number of hydrogen-bond donors (Lipinski definition) is 0. The molecule has 0 aromatic rings. The molecule has 0 saturated carbocycles. The van der Waals surface area contributed by atoms with Crippen LogP contribution in [-0.2, 0) is 4.79 Å². The summed E-state index contributed by atoms with van der Waals surface area (Å²) in [6.45, 7) is 11.7. The second-order valence-electron chi connectivity index (χ2n) is 5.99.